The second-order valence-corrected chi connectivity index (χ2v) is 8.08. The highest BCUT2D eigenvalue weighted by Crippen LogP contribution is 2.36. The number of hydrogen-bond donors (Lipinski definition) is 0. The van der Waals surface area contributed by atoms with Gasteiger partial charge in [-0.3, -0.25) is 0 Å². The first-order chi connectivity index (χ1) is 10.6. The predicted octanol–water partition coefficient (Wildman–Crippen LogP) is 5.24. The van der Waals surface area contributed by atoms with Gasteiger partial charge in [0.15, 0.2) is 6.61 Å². The van der Waals surface area contributed by atoms with E-state index in [1.54, 1.807) is 0 Å². The number of alkyl halides is 2. The first kappa shape index (κ1) is 18.3. The molecule has 0 amide bonds. The van der Waals surface area contributed by atoms with E-state index in [0.29, 0.717) is 3.92 Å². The molecule has 1 aromatic carbocycles. The molecule has 5 heteroatoms. The highest BCUT2D eigenvalue weighted by Gasteiger charge is 2.35. The van der Waals surface area contributed by atoms with Crippen LogP contribution in [0.3, 0.4) is 0 Å². The van der Waals surface area contributed by atoms with E-state index in [1.165, 1.54) is 5.56 Å². The van der Waals surface area contributed by atoms with Crippen molar-refractivity contribution >= 4 is 51.2 Å². The van der Waals surface area contributed by atoms with E-state index in [2.05, 4.69) is 64.2 Å². The minimum atomic E-state index is -0.258. The van der Waals surface area contributed by atoms with Crippen LogP contribution < -0.4 is 4.74 Å². The molecule has 0 radical (unpaired) electrons. The zero-order valence-electron chi connectivity index (χ0n) is 12.8. The van der Waals surface area contributed by atoms with E-state index in [4.69, 9.17) is 9.47 Å². The second-order valence-electron chi connectivity index (χ2n) is 5.70. The fraction of sp³-hybridized carbons (Fsp3) is 0.588. The Labute approximate surface area is 159 Å². The number of esters is 1. The van der Waals surface area contributed by atoms with Gasteiger partial charge in [0.05, 0.1) is 0 Å². The van der Waals surface area contributed by atoms with E-state index in [1.807, 2.05) is 12.1 Å². The van der Waals surface area contributed by atoms with E-state index < -0.39 is 0 Å². The zero-order chi connectivity index (χ0) is 16.0. The van der Waals surface area contributed by atoms with E-state index in [-0.39, 0.29) is 18.2 Å². The molecule has 1 unspecified atom stereocenters. The lowest BCUT2D eigenvalue weighted by atomic mass is 9.99. The van der Waals surface area contributed by atoms with Crippen LogP contribution in [0, 0.1) is 0 Å². The third kappa shape index (κ3) is 4.97. The fourth-order valence-corrected chi connectivity index (χ4v) is 3.75. The molecule has 0 saturated heterocycles. The summed E-state index contributed by atoms with van der Waals surface area (Å²) in [6.07, 6.45) is 5.16. The summed E-state index contributed by atoms with van der Waals surface area (Å²) in [7, 11) is 0. The van der Waals surface area contributed by atoms with Crippen molar-refractivity contribution in [2.75, 3.05) is 11.0 Å². The summed E-state index contributed by atoms with van der Waals surface area (Å²) in [5.41, 5.74) is 1.04. The average molecular weight is 528 g/mol. The summed E-state index contributed by atoms with van der Waals surface area (Å²) in [4.78, 5) is 12.0. The molecule has 1 fully saturated rings. The van der Waals surface area contributed by atoms with Gasteiger partial charge in [0.25, 0.3) is 0 Å². The lowest BCUT2D eigenvalue weighted by molar-refractivity contribution is -0.162. The predicted molar refractivity (Wildman–Crippen MR) is 105 cm³/mol. The summed E-state index contributed by atoms with van der Waals surface area (Å²) < 4.78 is 12.8. The van der Waals surface area contributed by atoms with Crippen LogP contribution in [-0.4, -0.2) is 22.6 Å². The molecular weight excluding hydrogens is 506 g/mol. The van der Waals surface area contributed by atoms with Crippen LogP contribution in [0.15, 0.2) is 24.3 Å². The number of benzene rings is 1. The summed E-state index contributed by atoms with van der Waals surface area (Å²) in [5, 5.41) is 0. The van der Waals surface area contributed by atoms with Crippen molar-refractivity contribution in [2.24, 2.45) is 0 Å². The number of rotatable bonds is 7. The third-order valence-electron chi connectivity index (χ3n) is 4.22. The van der Waals surface area contributed by atoms with Crippen molar-refractivity contribution in [3.05, 3.63) is 29.8 Å². The molecule has 1 atom stereocenters. The Hall–Kier alpha value is -0.0500. The van der Waals surface area contributed by atoms with Crippen LogP contribution in [-0.2, 0) is 9.53 Å². The van der Waals surface area contributed by atoms with Gasteiger partial charge >= 0.3 is 5.97 Å². The van der Waals surface area contributed by atoms with Gasteiger partial charge in [-0.05, 0) is 49.8 Å². The van der Waals surface area contributed by atoms with Gasteiger partial charge in [0, 0.05) is 8.35 Å². The molecule has 0 aliphatic heterocycles. The molecule has 1 saturated carbocycles. The number of carbonyl (C=O) groups excluding carboxylic acids is 1. The lowest BCUT2D eigenvalue weighted by Crippen LogP contribution is -2.33. The molecule has 0 aromatic heterocycles. The maximum Gasteiger partial charge on any atom is 0.344 e. The van der Waals surface area contributed by atoms with Crippen LogP contribution >= 0.6 is 45.2 Å². The van der Waals surface area contributed by atoms with Crippen molar-refractivity contribution in [2.45, 2.75) is 48.6 Å². The molecule has 122 valence electrons. The smallest absolute Gasteiger partial charge is 0.344 e. The Morgan fingerprint density at radius 2 is 1.91 bits per heavy atom. The van der Waals surface area contributed by atoms with Crippen molar-refractivity contribution in [1.82, 2.24) is 0 Å². The van der Waals surface area contributed by atoms with Crippen LogP contribution in [0.2, 0.25) is 0 Å². The van der Waals surface area contributed by atoms with Gasteiger partial charge in [-0.15, -0.1) is 0 Å². The van der Waals surface area contributed by atoms with Crippen molar-refractivity contribution < 1.29 is 14.3 Å². The van der Waals surface area contributed by atoms with E-state index in [9.17, 15) is 4.79 Å². The van der Waals surface area contributed by atoms with E-state index >= 15 is 0 Å². The molecule has 2 rings (SSSR count). The number of carbonyl (C=O) groups is 1. The third-order valence-corrected chi connectivity index (χ3v) is 7.95. The van der Waals surface area contributed by atoms with Crippen LogP contribution in [0.5, 0.6) is 5.75 Å². The zero-order valence-corrected chi connectivity index (χ0v) is 17.1. The average Bonchev–Trinajstić information content (AvgIpc) is 3.01. The van der Waals surface area contributed by atoms with Gasteiger partial charge in [-0.2, -0.15) is 0 Å². The quantitative estimate of drug-likeness (QED) is 0.276. The van der Waals surface area contributed by atoms with Gasteiger partial charge in [-0.1, -0.05) is 64.2 Å². The second kappa shape index (κ2) is 8.70. The monoisotopic (exact) mass is 528 g/mol. The lowest BCUT2D eigenvalue weighted by Gasteiger charge is -2.27. The first-order valence-electron chi connectivity index (χ1n) is 7.73. The Morgan fingerprint density at radius 3 is 2.45 bits per heavy atom. The molecule has 0 heterocycles. The molecule has 0 N–H and O–H groups in total. The molecular formula is C17H22I2O3. The topological polar surface area (TPSA) is 35.5 Å². The maximum atomic E-state index is 12.0. The Kier molecular flexibility index (Phi) is 7.24. The summed E-state index contributed by atoms with van der Waals surface area (Å²) >= 11 is 4.80. The fourth-order valence-electron chi connectivity index (χ4n) is 2.82. The summed E-state index contributed by atoms with van der Waals surface area (Å²) in [5.74, 6) is 0.460. The van der Waals surface area contributed by atoms with Crippen LogP contribution in [0.1, 0.15) is 48.5 Å². The number of hydrogen-bond acceptors (Lipinski definition) is 3. The standard InChI is InChI=1S/C17H22I2O3/c1-2-17(9-3-4-10-17)22-16(20)12-21-14-7-5-13(6-8-14)15(19)11-18/h5-8,15H,2-4,9-12H2,1H3. The van der Waals surface area contributed by atoms with Gasteiger partial charge in [0.2, 0.25) is 0 Å². The van der Waals surface area contributed by atoms with Gasteiger partial charge in [0.1, 0.15) is 11.4 Å². The normalized spacial score (nSPS) is 18.0. The molecule has 0 bridgehead atoms. The maximum absolute atomic E-state index is 12.0. The van der Waals surface area contributed by atoms with Crippen LogP contribution in [0.25, 0.3) is 0 Å². The van der Waals surface area contributed by atoms with Crippen molar-refractivity contribution in [3.63, 3.8) is 0 Å². The first-order valence-corrected chi connectivity index (χ1v) is 10.5. The molecule has 22 heavy (non-hydrogen) atoms. The molecule has 0 spiro atoms. The summed E-state index contributed by atoms with van der Waals surface area (Å²) in [6.45, 7) is 2.08. The van der Waals surface area contributed by atoms with Gasteiger partial charge < -0.3 is 9.47 Å². The highest BCUT2D eigenvalue weighted by atomic mass is 127. The highest BCUT2D eigenvalue weighted by molar-refractivity contribution is 14.1. The Morgan fingerprint density at radius 1 is 1.27 bits per heavy atom. The van der Waals surface area contributed by atoms with Crippen molar-refractivity contribution in [3.8, 4) is 5.75 Å². The molecule has 1 aliphatic carbocycles. The number of halogens is 2. The minimum Gasteiger partial charge on any atom is -0.482 e. The minimum absolute atomic E-state index is 0.0129. The van der Waals surface area contributed by atoms with Crippen LogP contribution in [0.4, 0.5) is 0 Å². The Balaban J connectivity index is 1.83. The molecule has 1 aromatic rings. The molecule has 1 aliphatic rings. The van der Waals surface area contributed by atoms with Gasteiger partial charge in [-0.25, -0.2) is 4.79 Å². The Bertz CT molecular complexity index is 481. The van der Waals surface area contributed by atoms with Crippen molar-refractivity contribution in [1.29, 1.82) is 0 Å². The SMILES string of the molecule is CCC1(OC(=O)COc2ccc(C(I)CI)cc2)CCCC1. The number of ether oxygens (including phenoxy) is 2. The summed E-state index contributed by atoms with van der Waals surface area (Å²) in [6, 6.07) is 7.96. The largest absolute Gasteiger partial charge is 0.482 e. The van der Waals surface area contributed by atoms with E-state index in [0.717, 1.165) is 42.3 Å². The molecule has 3 nitrogen and oxygen atoms in total.